The van der Waals surface area contributed by atoms with Gasteiger partial charge in [-0.25, -0.2) is 4.39 Å². The van der Waals surface area contributed by atoms with E-state index in [9.17, 15) is 9.18 Å². The van der Waals surface area contributed by atoms with Gasteiger partial charge in [0.25, 0.3) is 0 Å². The minimum Gasteiger partial charge on any atom is -0.493 e. The number of hydrogen-bond acceptors (Lipinski definition) is 4. The van der Waals surface area contributed by atoms with Crippen LogP contribution in [-0.2, 0) is 11.2 Å². The third kappa shape index (κ3) is 4.52. The lowest BCUT2D eigenvalue weighted by Crippen LogP contribution is -2.39. The monoisotopic (exact) mass is 386 g/mol. The van der Waals surface area contributed by atoms with Gasteiger partial charge in [-0.3, -0.25) is 14.8 Å². The molecule has 28 heavy (non-hydrogen) atoms. The molecule has 1 aromatic heterocycles. The van der Waals surface area contributed by atoms with Crippen LogP contribution in [0.1, 0.15) is 43.1 Å². The molecule has 2 aromatic rings. The fourth-order valence-corrected chi connectivity index (χ4v) is 4.11. The quantitative estimate of drug-likeness (QED) is 0.795. The van der Waals surface area contributed by atoms with Crippen molar-refractivity contribution < 1.29 is 13.9 Å². The van der Waals surface area contributed by atoms with Gasteiger partial charge < -0.3 is 9.64 Å². The molecule has 0 bridgehead atoms. The molecular formula is C21H27FN4O2. The largest absolute Gasteiger partial charge is 0.493 e. The third-order valence-electron chi connectivity index (χ3n) is 5.56. The molecule has 0 radical (unpaired) electrons. The van der Waals surface area contributed by atoms with Crippen molar-refractivity contribution in [2.75, 3.05) is 32.8 Å². The summed E-state index contributed by atoms with van der Waals surface area (Å²) >= 11 is 0. The molecule has 4 rings (SSSR count). The second-order valence-electron chi connectivity index (χ2n) is 7.60. The van der Waals surface area contributed by atoms with Crippen molar-refractivity contribution in [2.45, 2.75) is 38.1 Å². The van der Waals surface area contributed by atoms with E-state index in [1.165, 1.54) is 25.0 Å². The Kier molecular flexibility index (Phi) is 5.90. The first kappa shape index (κ1) is 18.9. The van der Waals surface area contributed by atoms with Crippen LogP contribution in [0.25, 0.3) is 0 Å². The number of aromatic amines is 1. The molecule has 0 unspecified atom stereocenters. The van der Waals surface area contributed by atoms with E-state index in [4.69, 9.17) is 4.74 Å². The van der Waals surface area contributed by atoms with Crippen molar-refractivity contribution in [1.29, 1.82) is 0 Å². The number of ether oxygens (including phenoxy) is 1. The molecule has 6 nitrogen and oxygen atoms in total. The summed E-state index contributed by atoms with van der Waals surface area (Å²) in [5.41, 5.74) is 1.89. The van der Waals surface area contributed by atoms with Crippen molar-refractivity contribution >= 4 is 5.91 Å². The molecule has 0 aliphatic carbocycles. The number of halogens is 1. The smallest absolute Gasteiger partial charge is 0.237 e. The van der Waals surface area contributed by atoms with Crippen LogP contribution in [0.5, 0.6) is 5.75 Å². The van der Waals surface area contributed by atoms with Gasteiger partial charge in [0.05, 0.1) is 24.9 Å². The van der Waals surface area contributed by atoms with E-state index in [1.807, 2.05) is 11.0 Å². The summed E-state index contributed by atoms with van der Waals surface area (Å²) in [6.45, 7) is 3.83. The zero-order chi connectivity index (χ0) is 19.3. The predicted octanol–water partition coefficient (Wildman–Crippen LogP) is 2.93. The predicted molar refractivity (Wildman–Crippen MR) is 104 cm³/mol. The normalized spacial score (nSPS) is 20.0. The van der Waals surface area contributed by atoms with Crippen LogP contribution in [0.4, 0.5) is 4.39 Å². The summed E-state index contributed by atoms with van der Waals surface area (Å²) in [5.74, 6) is 0.429. The van der Waals surface area contributed by atoms with Crippen LogP contribution in [-0.4, -0.2) is 58.7 Å². The standard InChI is InChI=1S/C21H27FN4O2/c22-16-5-3-6-18(13-16)28-12-8-17-14-19(24-23-17)20-7-4-11-26(20)21(27)15-25-9-1-2-10-25/h3,5-6,13-14,20H,1-2,4,7-12,15H2,(H,23,24)/t20-/m1/s1. The fraction of sp³-hybridized carbons (Fsp3) is 0.524. The molecule has 1 N–H and O–H groups in total. The number of aromatic nitrogens is 2. The summed E-state index contributed by atoms with van der Waals surface area (Å²) < 4.78 is 18.8. The molecule has 1 amide bonds. The number of carbonyl (C=O) groups is 1. The number of nitrogens with zero attached hydrogens (tertiary/aromatic N) is 3. The highest BCUT2D eigenvalue weighted by atomic mass is 19.1. The van der Waals surface area contributed by atoms with E-state index >= 15 is 0 Å². The Morgan fingerprint density at radius 1 is 1.21 bits per heavy atom. The number of benzene rings is 1. The second kappa shape index (κ2) is 8.73. The van der Waals surface area contributed by atoms with Crippen LogP contribution < -0.4 is 4.74 Å². The van der Waals surface area contributed by atoms with Gasteiger partial charge in [0.15, 0.2) is 0 Å². The number of H-pyrrole nitrogens is 1. The van der Waals surface area contributed by atoms with Gasteiger partial charge >= 0.3 is 0 Å². The maximum atomic E-state index is 13.2. The average molecular weight is 386 g/mol. The zero-order valence-corrected chi connectivity index (χ0v) is 16.1. The number of hydrogen-bond donors (Lipinski definition) is 1. The Morgan fingerprint density at radius 2 is 2.07 bits per heavy atom. The van der Waals surface area contributed by atoms with Crippen molar-refractivity contribution in [3.05, 3.63) is 47.5 Å². The maximum Gasteiger partial charge on any atom is 0.237 e. The zero-order valence-electron chi connectivity index (χ0n) is 16.1. The van der Waals surface area contributed by atoms with Crippen LogP contribution >= 0.6 is 0 Å². The Labute approximate surface area is 164 Å². The lowest BCUT2D eigenvalue weighted by Gasteiger charge is -2.25. The first-order valence-electron chi connectivity index (χ1n) is 10.1. The number of carbonyl (C=O) groups excluding carboxylic acids is 1. The van der Waals surface area contributed by atoms with Gasteiger partial charge in [0.1, 0.15) is 11.6 Å². The van der Waals surface area contributed by atoms with Gasteiger partial charge in [0, 0.05) is 24.7 Å². The summed E-state index contributed by atoms with van der Waals surface area (Å²) in [5, 5.41) is 7.51. The molecule has 2 fully saturated rings. The first-order valence-corrected chi connectivity index (χ1v) is 10.1. The molecule has 2 aliphatic heterocycles. The van der Waals surface area contributed by atoms with Crippen molar-refractivity contribution in [1.82, 2.24) is 20.0 Å². The van der Waals surface area contributed by atoms with Crippen LogP contribution in [0.2, 0.25) is 0 Å². The fourth-order valence-electron chi connectivity index (χ4n) is 4.11. The molecule has 1 atom stereocenters. The maximum absolute atomic E-state index is 13.2. The molecule has 1 aromatic carbocycles. The Hall–Kier alpha value is -2.41. The molecular weight excluding hydrogens is 359 g/mol. The topological polar surface area (TPSA) is 61.5 Å². The number of nitrogens with one attached hydrogen (secondary N) is 1. The molecule has 3 heterocycles. The highest BCUT2D eigenvalue weighted by molar-refractivity contribution is 5.79. The van der Waals surface area contributed by atoms with E-state index in [0.29, 0.717) is 25.3 Å². The van der Waals surface area contributed by atoms with Gasteiger partial charge in [0.2, 0.25) is 5.91 Å². The Balaban J connectivity index is 1.31. The molecule has 7 heteroatoms. The van der Waals surface area contributed by atoms with Gasteiger partial charge in [-0.15, -0.1) is 0 Å². The number of likely N-dealkylation sites (tertiary alicyclic amines) is 2. The highest BCUT2D eigenvalue weighted by Crippen LogP contribution is 2.31. The van der Waals surface area contributed by atoms with E-state index < -0.39 is 0 Å². The van der Waals surface area contributed by atoms with Gasteiger partial charge in [-0.2, -0.15) is 5.10 Å². The summed E-state index contributed by atoms with van der Waals surface area (Å²) in [6, 6.07) is 8.23. The van der Waals surface area contributed by atoms with Crippen molar-refractivity contribution in [3.63, 3.8) is 0 Å². The summed E-state index contributed by atoms with van der Waals surface area (Å²) in [6.07, 6.45) is 5.00. The summed E-state index contributed by atoms with van der Waals surface area (Å²) in [4.78, 5) is 17.0. The molecule has 150 valence electrons. The van der Waals surface area contributed by atoms with E-state index in [2.05, 4.69) is 15.1 Å². The van der Waals surface area contributed by atoms with Crippen molar-refractivity contribution in [2.24, 2.45) is 0 Å². The SMILES string of the molecule is O=C(CN1CCCC1)N1CCC[C@@H]1c1cc(CCOc2cccc(F)c2)[nH]n1. The third-order valence-corrected chi connectivity index (χ3v) is 5.56. The molecule has 0 spiro atoms. The summed E-state index contributed by atoms with van der Waals surface area (Å²) in [7, 11) is 0. The molecule has 0 saturated carbocycles. The van der Waals surface area contributed by atoms with Crippen molar-refractivity contribution in [3.8, 4) is 5.75 Å². The first-order chi connectivity index (χ1) is 13.7. The number of rotatable bonds is 7. The average Bonchev–Trinajstić information content (AvgIpc) is 3.43. The van der Waals surface area contributed by atoms with Gasteiger partial charge in [-0.1, -0.05) is 6.07 Å². The van der Waals surface area contributed by atoms with E-state index in [1.54, 1.807) is 12.1 Å². The minimum absolute atomic E-state index is 0.0595. The molecule has 2 saturated heterocycles. The van der Waals surface area contributed by atoms with Crippen LogP contribution in [0.3, 0.4) is 0 Å². The Morgan fingerprint density at radius 3 is 2.89 bits per heavy atom. The Bertz CT molecular complexity index is 803. The highest BCUT2D eigenvalue weighted by Gasteiger charge is 2.32. The lowest BCUT2D eigenvalue weighted by atomic mass is 10.1. The second-order valence-corrected chi connectivity index (χ2v) is 7.60. The minimum atomic E-state index is -0.304. The van der Waals surface area contributed by atoms with Crippen LogP contribution in [0, 0.1) is 5.82 Å². The van der Waals surface area contributed by atoms with E-state index in [0.717, 1.165) is 43.9 Å². The van der Waals surface area contributed by atoms with E-state index in [-0.39, 0.29) is 17.8 Å². The lowest BCUT2D eigenvalue weighted by molar-refractivity contribution is -0.133. The van der Waals surface area contributed by atoms with Crippen LogP contribution in [0.15, 0.2) is 30.3 Å². The molecule has 2 aliphatic rings. The van der Waals surface area contributed by atoms with Gasteiger partial charge in [-0.05, 0) is 57.0 Å². The number of amides is 1.